The number of carbonyl (C=O) groups excluding carboxylic acids is 3. The minimum Gasteiger partial charge on any atom is -0.396 e. The fraction of sp³-hybridized carbons (Fsp3) is 0.581. The lowest BCUT2D eigenvalue weighted by atomic mass is 9.65. The van der Waals surface area contributed by atoms with E-state index in [0.29, 0.717) is 49.7 Å². The van der Waals surface area contributed by atoms with E-state index in [1.54, 1.807) is 45.8 Å². The van der Waals surface area contributed by atoms with Crippen molar-refractivity contribution in [2.24, 2.45) is 17.8 Å². The van der Waals surface area contributed by atoms with Gasteiger partial charge in [0, 0.05) is 48.7 Å². The standard InChI is InChI=1S/C31H42ClN3O4S/c1-5-15-33(16-6-2)28(37)25-24-20-21(4)31(40-24)26(25)29(38)35(18-9-8-10-19-36)27(31)30(39)34(17-7-3)23-13-11-22(32)12-14-23/h5,7,11-14,21,24-27,36H,1,3,6,8-10,15-20H2,2,4H3/t21?,24-,25+,26+,27?,31?/m1/s1. The second-order valence-corrected chi connectivity index (χ2v) is 13.1. The molecule has 6 atom stereocenters. The molecule has 3 unspecified atom stereocenters. The number of benzene rings is 1. The quantitative estimate of drug-likeness (QED) is 0.250. The normalized spacial score (nSPS) is 28.4. The zero-order chi connectivity index (χ0) is 29.0. The van der Waals surface area contributed by atoms with Crippen LogP contribution in [0, 0.1) is 17.8 Å². The van der Waals surface area contributed by atoms with E-state index in [1.165, 1.54) is 0 Å². The van der Waals surface area contributed by atoms with Crippen molar-refractivity contribution in [2.75, 3.05) is 37.7 Å². The Morgan fingerprint density at radius 1 is 1.15 bits per heavy atom. The van der Waals surface area contributed by atoms with E-state index in [0.717, 1.165) is 19.3 Å². The number of thioether (sulfide) groups is 1. The van der Waals surface area contributed by atoms with Gasteiger partial charge in [-0.25, -0.2) is 0 Å². The Morgan fingerprint density at radius 2 is 1.85 bits per heavy atom. The molecule has 1 N–H and O–H groups in total. The topological polar surface area (TPSA) is 81.2 Å². The Kier molecular flexibility index (Phi) is 10.1. The minimum atomic E-state index is -0.698. The van der Waals surface area contributed by atoms with Gasteiger partial charge in [-0.3, -0.25) is 14.4 Å². The van der Waals surface area contributed by atoms with Crippen LogP contribution in [0.3, 0.4) is 0 Å². The van der Waals surface area contributed by atoms with Gasteiger partial charge in [0.2, 0.25) is 11.8 Å². The highest BCUT2D eigenvalue weighted by molar-refractivity contribution is 8.02. The summed E-state index contributed by atoms with van der Waals surface area (Å²) in [6.07, 6.45) is 7.12. The minimum absolute atomic E-state index is 0.000327. The van der Waals surface area contributed by atoms with Crippen molar-refractivity contribution in [3.8, 4) is 0 Å². The summed E-state index contributed by atoms with van der Waals surface area (Å²) >= 11 is 7.84. The molecule has 0 aromatic heterocycles. The van der Waals surface area contributed by atoms with Crippen LogP contribution in [0.4, 0.5) is 5.69 Å². The molecule has 0 aliphatic carbocycles. The Morgan fingerprint density at radius 3 is 2.48 bits per heavy atom. The Bertz CT molecular complexity index is 1110. The van der Waals surface area contributed by atoms with E-state index in [-0.39, 0.29) is 35.5 Å². The summed E-state index contributed by atoms with van der Waals surface area (Å²) in [4.78, 5) is 48.3. The van der Waals surface area contributed by atoms with Gasteiger partial charge in [-0.2, -0.15) is 0 Å². The highest BCUT2D eigenvalue weighted by atomic mass is 35.5. The number of anilines is 1. The van der Waals surface area contributed by atoms with Gasteiger partial charge >= 0.3 is 0 Å². The third kappa shape index (κ3) is 5.35. The molecule has 7 nitrogen and oxygen atoms in total. The van der Waals surface area contributed by atoms with Crippen molar-refractivity contribution < 1.29 is 19.5 Å². The molecule has 3 fully saturated rings. The van der Waals surface area contributed by atoms with Crippen molar-refractivity contribution in [2.45, 2.75) is 62.0 Å². The molecular formula is C31H42ClN3O4S. The molecule has 218 valence electrons. The molecule has 3 aliphatic rings. The highest BCUT2D eigenvalue weighted by Crippen LogP contribution is 2.69. The van der Waals surface area contributed by atoms with Crippen LogP contribution >= 0.6 is 23.4 Å². The largest absolute Gasteiger partial charge is 0.396 e. The molecule has 9 heteroatoms. The molecule has 40 heavy (non-hydrogen) atoms. The SMILES string of the molecule is C=CCN(CCC)C(=O)[C@@H]1[C@H]2C(=O)N(CCCCCO)C(C(=O)N(CC=C)c3ccc(Cl)cc3)C23S[C@@H]1CC3C. The van der Waals surface area contributed by atoms with Crippen LogP contribution in [-0.2, 0) is 14.4 Å². The maximum Gasteiger partial charge on any atom is 0.251 e. The van der Waals surface area contributed by atoms with Gasteiger partial charge in [0.1, 0.15) is 6.04 Å². The van der Waals surface area contributed by atoms with E-state index < -0.39 is 22.6 Å². The van der Waals surface area contributed by atoms with Crippen LogP contribution in [0.1, 0.15) is 46.0 Å². The summed E-state index contributed by atoms with van der Waals surface area (Å²) in [6, 6.07) is 6.44. The molecule has 3 aliphatic heterocycles. The van der Waals surface area contributed by atoms with Crippen LogP contribution in [0.5, 0.6) is 0 Å². The number of amides is 3. The number of carbonyl (C=O) groups is 3. The average Bonchev–Trinajstić information content (AvgIpc) is 3.53. The van der Waals surface area contributed by atoms with Crippen molar-refractivity contribution in [3.63, 3.8) is 0 Å². The summed E-state index contributed by atoms with van der Waals surface area (Å²) in [5.41, 5.74) is 0.694. The van der Waals surface area contributed by atoms with Gasteiger partial charge in [0.25, 0.3) is 5.91 Å². The third-order valence-corrected chi connectivity index (χ3v) is 11.0. The second kappa shape index (κ2) is 13.1. The third-order valence-electron chi connectivity index (χ3n) is 8.69. The zero-order valence-corrected chi connectivity index (χ0v) is 25.2. The van der Waals surface area contributed by atoms with E-state index in [2.05, 4.69) is 20.1 Å². The summed E-state index contributed by atoms with van der Waals surface area (Å²) in [5.74, 6) is -1.16. The predicted octanol–water partition coefficient (Wildman–Crippen LogP) is 4.78. The fourth-order valence-corrected chi connectivity index (χ4v) is 9.58. The molecule has 4 rings (SSSR count). The number of nitrogens with zero attached hydrogens (tertiary/aromatic N) is 3. The first-order valence-electron chi connectivity index (χ1n) is 14.4. The molecule has 1 aromatic rings. The first kappa shape index (κ1) is 30.7. The molecule has 1 aromatic carbocycles. The maximum atomic E-state index is 14.6. The molecule has 3 saturated heterocycles. The van der Waals surface area contributed by atoms with E-state index >= 15 is 0 Å². The zero-order valence-electron chi connectivity index (χ0n) is 23.6. The van der Waals surface area contributed by atoms with Gasteiger partial charge in [-0.15, -0.1) is 24.9 Å². The fourth-order valence-electron chi connectivity index (χ4n) is 7.04. The Hall–Kier alpha value is -2.29. The van der Waals surface area contributed by atoms with Gasteiger partial charge < -0.3 is 19.8 Å². The van der Waals surface area contributed by atoms with Gasteiger partial charge in [-0.1, -0.05) is 37.6 Å². The van der Waals surface area contributed by atoms with Crippen LogP contribution in [-0.4, -0.2) is 81.5 Å². The van der Waals surface area contributed by atoms with E-state index in [9.17, 15) is 19.5 Å². The average molecular weight is 588 g/mol. The monoisotopic (exact) mass is 587 g/mol. The van der Waals surface area contributed by atoms with Gasteiger partial charge in [0.05, 0.1) is 16.6 Å². The van der Waals surface area contributed by atoms with Crippen LogP contribution in [0.2, 0.25) is 5.02 Å². The molecule has 3 heterocycles. The van der Waals surface area contributed by atoms with Crippen molar-refractivity contribution >= 4 is 46.8 Å². The molecule has 0 saturated carbocycles. The van der Waals surface area contributed by atoms with E-state index in [4.69, 9.17) is 11.6 Å². The lowest BCUT2D eigenvalue weighted by Gasteiger charge is -2.41. The van der Waals surface area contributed by atoms with Crippen LogP contribution < -0.4 is 4.90 Å². The molecule has 3 amide bonds. The number of hydrogen-bond donors (Lipinski definition) is 1. The molecule has 0 radical (unpaired) electrons. The highest BCUT2D eigenvalue weighted by Gasteiger charge is 2.76. The summed E-state index contributed by atoms with van der Waals surface area (Å²) in [6.45, 7) is 13.8. The Labute approximate surface area is 247 Å². The number of aliphatic hydroxyl groups excluding tert-OH is 1. The summed E-state index contributed by atoms with van der Waals surface area (Å²) in [5, 5.41) is 9.87. The molecule has 1 spiro atoms. The predicted molar refractivity (Wildman–Crippen MR) is 162 cm³/mol. The number of likely N-dealkylation sites (tertiary alicyclic amines) is 1. The maximum absolute atomic E-state index is 14.6. The second-order valence-electron chi connectivity index (χ2n) is 11.2. The van der Waals surface area contributed by atoms with Crippen molar-refractivity contribution in [3.05, 3.63) is 54.6 Å². The van der Waals surface area contributed by atoms with Crippen molar-refractivity contribution in [1.29, 1.82) is 0 Å². The summed E-state index contributed by atoms with van der Waals surface area (Å²) < 4.78 is -0.686. The Balaban J connectivity index is 1.77. The van der Waals surface area contributed by atoms with Crippen LogP contribution in [0.15, 0.2) is 49.6 Å². The van der Waals surface area contributed by atoms with E-state index in [1.807, 2.05) is 24.0 Å². The van der Waals surface area contributed by atoms with Gasteiger partial charge in [-0.05, 0) is 62.3 Å². The van der Waals surface area contributed by atoms with Gasteiger partial charge in [0.15, 0.2) is 0 Å². The number of hydrogen-bond acceptors (Lipinski definition) is 5. The smallest absolute Gasteiger partial charge is 0.251 e. The van der Waals surface area contributed by atoms with Crippen LogP contribution in [0.25, 0.3) is 0 Å². The molecule has 2 bridgehead atoms. The lowest BCUT2D eigenvalue weighted by Crippen LogP contribution is -2.57. The number of fused-ring (bicyclic) bond motifs is 1. The van der Waals surface area contributed by atoms with Crippen molar-refractivity contribution in [1.82, 2.24) is 9.80 Å². The number of halogens is 1. The first-order valence-corrected chi connectivity index (χ1v) is 15.7. The number of rotatable bonds is 14. The number of unbranched alkanes of at least 4 members (excludes halogenated alkanes) is 2. The first-order chi connectivity index (χ1) is 19.3. The molecular weight excluding hydrogens is 546 g/mol. The lowest BCUT2D eigenvalue weighted by molar-refractivity contribution is -0.144. The summed E-state index contributed by atoms with van der Waals surface area (Å²) in [7, 11) is 0. The number of aliphatic hydroxyl groups is 1.